The molecule has 4 rings (SSSR count). The Hall–Kier alpha value is -2.85. The molecule has 1 saturated heterocycles. The summed E-state index contributed by atoms with van der Waals surface area (Å²) in [5.41, 5.74) is 5.32. The number of benzene rings is 1. The Morgan fingerprint density at radius 2 is 1.91 bits per heavy atom. The Labute approximate surface area is 192 Å². The second-order valence-electron chi connectivity index (χ2n) is 8.71. The minimum absolute atomic E-state index is 0.00342. The van der Waals surface area contributed by atoms with Crippen molar-refractivity contribution in [3.63, 3.8) is 0 Å². The average Bonchev–Trinajstić information content (AvgIpc) is 2.82. The predicted octanol–water partition coefficient (Wildman–Crippen LogP) is 5.50. The topological polar surface area (TPSA) is 32.8 Å². The minimum atomic E-state index is -0.00342. The maximum Gasteiger partial charge on any atom is 0.255 e. The van der Waals surface area contributed by atoms with Gasteiger partial charge in [0.05, 0.1) is 7.11 Å². The molecule has 3 heterocycles. The molecular formula is C28H34N2O2. The van der Waals surface area contributed by atoms with E-state index in [2.05, 4.69) is 43.2 Å². The number of allylic oxidation sites excluding steroid dienone is 7. The van der Waals surface area contributed by atoms with Crippen LogP contribution < -0.4 is 4.74 Å². The fraction of sp³-hybridized carbons (Fsp3) is 0.393. The molecule has 1 aromatic carbocycles. The monoisotopic (exact) mass is 430 g/mol. The molecule has 4 nitrogen and oxygen atoms in total. The zero-order chi connectivity index (χ0) is 22.5. The van der Waals surface area contributed by atoms with Crippen molar-refractivity contribution < 1.29 is 9.53 Å². The molecule has 168 valence electrons. The van der Waals surface area contributed by atoms with Crippen molar-refractivity contribution >= 4 is 11.5 Å². The lowest BCUT2D eigenvalue weighted by atomic mass is 9.88. The maximum atomic E-state index is 13.3. The zero-order valence-electron chi connectivity index (χ0n) is 19.5. The van der Waals surface area contributed by atoms with Gasteiger partial charge in [-0.15, -0.1) is 0 Å². The summed E-state index contributed by atoms with van der Waals surface area (Å²) < 4.78 is 5.52. The fourth-order valence-electron chi connectivity index (χ4n) is 4.78. The van der Waals surface area contributed by atoms with Crippen molar-refractivity contribution in [2.24, 2.45) is 5.92 Å². The van der Waals surface area contributed by atoms with Crippen LogP contribution in [0.5, 0.6) is 5.75 Å². The number of hydrogen-bond acceptors (Lipinski definition) is 3. The molecule has 0 N–H and O–H groups in total. The van der Waals surface area contributed by atoms with Gasteiger partial charge in [0.15, 0.2) is 0 Å². The van der Waals surface area contributed by atoms with E-state index in [1.54, 1.807) is 13.2 Å². The number of hydrogen-bond donors (Lipinski definition) is 0. The Morgan fingerprint density at radius 1 is 1.09 bits per heavy atom. The highest BCUT2D eigenvalue weighted by atomic mass is 16.5. The third kappa shape index (κ3) is 4.81. The summed E-state index contributed by atoms with van der Waals surface area (Å²) in [5.74, 6) is 1.42. The van der Waals surface area contributed by atoms with Crippen LogP contribution in [0.4, 0.5) is 0 Å². The van der Waals surface area contributed by atoms with Crippen LogP contribution in [0.2, 0.25) is 0 Å². The summed E-state index contributed by atoms with van der Waals surface area (Å²) in [7, 11) is 1.71. The summed E-state index contributed by atoms with van der Waals surface area (Å²) in [4.78, 5) is 17.6. The van der Waals surface area contributed by atoms with Gasteiger partial charge >= 0.3 is 0 Å². The summed E-state index contributed by atoms with van der Waals surface area (Å²) in [6.07, 6.45) is 18.5. The highest BCUT2D eigenvalue weighted by Crippen LogP contribution is 2.32. The normalized spacial score (nSPS) is 21.3. The van der Waals surface area contributed by atoms with Crippen LogP contribution >= 0.6 is 0 Å². The van der Waals surface area contributed by atoms with Gasteiger partial charge in [0.1, 0.15) is 5.75 Å². The number of carbonyl (C=O) groups excluding carboxylic acids is 1. The quantitative estimate of drug-likeness (QED) is 0.597. The van der Waals surface area contributed by atoms with Gasteiger partial charge in [-0.25, -0.2) is 0 Å². The molecule has 0 aliphatic carbocycles. The van der Waals surface area contributed by atoms with Gasteiger partial charge in [0, 0.05) is 18.0 Å². The van der Waals surface area contributed by atoms with Crippen molar-refractivity contribution in [1.82, 2.24) is 9.80 Å². The lowest BCUT2D eigenvalue weighted by molar-refractivity contribution is -0.122. The molecular weight excluding hydrogens is 396 g/mol. The van der Waals surface area contributed by atoms with Crippen LogP contribution in [0, 0.1) is 5.92 Å². The summed E-state index contributed by atoms with van der Waals surface area (Å²) in [6, 6.07) is 6.19. The average molecular weight is 431 g/mol. The number of methoxy groups -OCH3 is 1. The standard InChI is InChI=1S/C28H34N2O2/c1-4-7-24-18-23(11-13-27(24)32-3)22-8-6-9-26-12-10-25(20-30(26)28(31)19-22)21-14-16-29(5-2)17-15-21/h6,8-13,18-21H,4-5,7,14-17H2,1-3H3/b8-6?,22-19?,26-9+. The van der Waals surface area contributed by atoms with Crippen LogP contribution in [0.25, 0.3) is 5.57 Å². The zero-order valence-corrected chi connectivity index (χ0v) is 19.5. The van der Waals surface area contributed by atoms with E-state index in [4.69, 9.17) is 4.74 Å². The predicted molar refractivity (Wildman–Crippen MR) is 131 cm³/mol. The number of nitrogens with zero attached hydrogens (tertiary/aromatic N) is 2. The number of aryl methyl sites for hydroxylation is 1. The third-order valence-electron chi connectivity index (χ3n) is 6.70. The molecule has 32 heavy (non-hydrogen) atoms. The van der Waals surface area contributed by atoms with E-state index >= 15 is 0 Å². The van der Waals surface area contributed by atoms with Gasteiger partial charge in [-0.05, 0) is 91.4 Å². The van der Waals surface area contributed by atoms with Crippen molar-refractivity contribution in [3.8, 4) is 5.75 Å². The maximum absolute atomic E-state index is 13.3. The largest absolute Gasteiger partial charge is 0.496 e. The van der Waals surface area contributed by atoms with Crippen LogP contribution in [-0.2, 0) is 11.2 Å². The first-order chi connectivity index (χ1) is 15.6. The molecule has 0 atom stereocenters. The SMILES string of the molecule is CCCc1cc(C2=CC(=O)N3C=C(C4CCN(CC)CC4)C=C/C3=C\C=C2)ccc1OC. The molecule has 3 aliphatic rings. The molecule has 0 unspecified atom stereocenters. The first-order valence-electron chi connectivity index (χ1n) is 11.9. The van der Waals surface area contributed by atoms with E-state index in [-0.39, 0.29) is 5.91 Å². The van der Waals surface area contributed by atoms with E-state index in [0.29, 0.717) is 5.92 Å². The Bertz CT molecular complexity index is 1000. The summed E-state index contributed by atoms with van der Waals surface area (Å²) in [6.45, 7) is 7.77. The Morgan fingerprint density at radius 3 is 2.62 bits per heavy atom. The van der Waals surface area contributed by atoms with Crippen LogP contribution in [0.15, 0.2) is 72.1 Å². The van der Waals surface area contributed by atoms with Gasteiger partial charge < -0.3 is 9.64 Å². The molecule has 0 aromatic heterocycles. The number of ether oxygens (including phenoxy) is 1. The summed E-state index contributed by atoms with van der Waals surface area (Å²) in [5, 5.41) is 0. The Balaban J connectivity index is 1.60. The van der Waals surface area contributed by atoms with Gasteiger partial charge in [-0.3, -0.25) is 9.69 Å². The molecule has 1 fully saturated rings. The van der Waals surface area contributed by atoms with E-state index in [0.717, 1.165) is 67.9 Å². The lowest BCUT2D eigenvalue weighted by Crippen LogP contribution is -2.35. The number of carbonyl (C=O) groups is 1. The van der Waals surface area contributed by atoms with Gasteiger partial charge in [-0.2, -0.15) is 0 Å². The first kappa shape index (κ1) is 22.3. The Kier molecular flexibility index (Phi) is 7.11. The first-order valence-corrected chi connectivity index (χ1v) is 11.9. The molecule has 0 radical (unpaired) electrons. The van der Waals surface area contributed by atoms with Gasteiger partial charge in [0.25, 0.3) is 5.91 Å². The van der Waals surface area contributed by atoms with Crippen molar-refractivity contribution in [1.29, 1.82) is 0 Å². The van der Waals surface area contributed by atoms with Crippen LogP contribution in [0.1, 0.15) is 44.2 Å². The summed E-state index contributed by atoms with van der Waals surface area (Å²) >= 11 is 0. The van der Waals surface area contributed by atoms with E-state index in [1.165, 1.54) is 11.1 Å². The van der Waals surface area contributed by atoms with E-state index in [1.807, 2.05) is 35.3 Å². The number of amides is 1. The second kappa shape index (κ2) is 10.2. The number of likely N-dealkylation sites (tertiary alicyclic amines) is 1. The van der Waals surface area contributed by atoms with Gasteiger partial charge in [-0.1, -0.05) is 44.6 Å². The fourth-order valence-corrected chi connectivity index (χ4v) is 4.78. The van der Waals surface area contributed by atoms with Crippen molar-refractivity contribution in [3.05, 3.63) is 83.3 Å². The highest BCUT2D eigenvalue weighted by Gasteiger charge is 2.25. The molecule has 0 saturated carbocycles. The third-order valence-corrected chi connectivity index (χ3v) is 6.70. The lowest BCUT2D eigenvalue weighted by Gasteiger charge is -2.34. The van der Waals surface area contributed by atoms with Gasteiger partial charge in [0.2, 0.25) is 0 Å². The molecule has 1 amide bonds. The molecule has 1 aromatic rings. The van der Waals surface area contributed by atoms with E-state index < -0.39 is 0 Å². The second-order valence-corrected chi connectivity index (χ2v) is 8.71. The molecule has 3 aliphatic heterocycles. The number of rotatable bonds is 6. The minimum Gasteiger partial charge on any atom is -0.496 e. The number of piperidine rings is 1. The molecule has 0 spiro atoms. The number of fused-ring (bicyclic) bond motifs is 1. The highest BCUT2D eigenvalue weighted by molar-refractivity contribution is 6.00. The molecule has 4 heteroatoms. The smallest absolute Gasteiger partial charge is 0.255 e. The van der Waals surface area contributed by atoms with Crippen LogP contribution in [0.3, 0.4) is 0 Å². The molecule has 0 bridgehead atoms. The van der Waals surface area contributed by atoms with Crippen molar-refractivity contribution in [2.45, 2.75) is 39.5 Å². The van der Waals surface area contributed by atoms with Crippen molar-refractivity contribution in [2.75, 3.05) is 26.7 Å². The van der Waals surface area contributed by atoms with E-state index in [9.17, 15) is 4.79 Å². The van der Waals surface area contributed by atoms with Crippen LogP contribution in [-0.4, -0.2) is 42.5 Å².